The van der Waals surface area contributed by atoms with Crippen LogP contribution >= 0.6 is 12.4 Å². The molecule has 1 saturated carbocycles. The van der Waals surface area contributed by atoms with E-state index in [-0.39, 0.29) is 12.4 Å². The molecule has 2 bridgehead atoms. The third kappa shape index (κ3) is 1.72. The minimum atomic E-state index is -0.637. The van der Waals surface area contributed by atoms with Gasteiger partial charge in [-0.3, -0.25) is 4.79 Å². The van der Waals surface area contributed by atoms with Gasteiger partial charge in [0.15, 0.2) is 0 Å². The summed E-state index contributed by atoms with van der Waals surface area (Å²) in [5.74, 6) is 0.470. The monoisotopic (exact) mass is 191 g/mol. The van der Waals surface area contributed by atoms with Crippen molar-refractivity contribution in [2.45, 2.75) is 25.3 Å². The van der Waals surface area contributed by atoms with Crippen LogP contribution in [0.2, 0.25) is 0 Å². The maximum absolute atomic E-state index is 10.4. The summed E-state index contributed by atoms with van der Waals surface area (Å²) in [7, 11) is 0. The number of hydrogen-bond acceptors (Lipinski definition) is 2. The average molecular weight is 192 g/mol. The molecule has 1 saturated heterocycles. The number of fused-ring (bicyclic) bond motifs is 2. The zero-order chi connectivity index (χ0) is 7.84. The lowest BCUT2D eigenvalue weighted by Gasteiger charge is -2.20. The van der Waals surface area contributed by atoms with Crippen molar-refractivity contribution in [1.82, 2.24) is 5.32 Å². The highest BCUT2D eigenvalue weighted by Gasteiger charge is 2.39. The summed E-state index contributed by atoms with van der Waals surface area (Å²) in [5, 5.41) is 11.9. The lowest BCUT2D eigenvalue weighted by Crippen LogP contribution is -2.30. The van der Waals surface area contributed by atoms with Crippen LogP contribution in [0.3, 0.4) is 0 Å². The van der Waals surface area contributed by atoms with Crippen LogP contribution in [-0.2, 0) is 4.79 Å². The van der Waals surface area contributed by atoms with E-state index in [9.17, 15) is 4.79 Å². The molecule has 3 nitrogen and oxygen atoms in total. The number of carboxylic acid groups (broad SMARTS) is 1. The number of hydrogen-bond donors (Lipinski definition) is 2. The summed E-state index contributed by atoms with van der Waals surface area (Å²) < 4.78 is 0. The van der Waals surface area contributed by atoms with Gasteiger partial charge in [-0.05, 0) is 31.2 Å². The van der Waals surface area contributed by atoms with Crippen molar-refractivity contribution in [3.8, 4) is 0 Å². The Morgan fingerprint density at radius 2 is 2.25 bits per heavy atom. The molecule has 0 unspecified atom stereocenters. The molecule has 0 amide bonds. The van der Waals surface area contributed by atoms with Gasteiger partial charge in [-0.15, -0.1) is 12.4 Å². The Morgan fingerprint density at radius 1 is 1.50 bits per heavy atom. The molecule has 4 heteroatoms. The smallest absolute Gasteiger partial charge is 0.303 e. The van der Waals surface area contributed by atoms with Crippen LogP contribution in [0.15, 0.2) is 0 Å². The minimum absolute atomic E-state index is 0. The molecule has 0 aromatic carbocycles. The van der Waals surface area contributed by atoms with Crippen LogP contribution in [-0.4, -0.2) is 23.7 Å². The quantitative estimate of drug-likeness (QED) is 0.682. The number of rotatable bonds is 2. The Bertz CT molecular complexity index is 186. The summed E-state index contributed by atoms with van der Waals surface area (Å²) >= 11 is 0. The van der Waals surface area contributed by atoms with E-state index in [1.807, 2.05) is 0 Å². The zero-order valence-electron chi connectivity index (χ0n) is 6.82. The van der Waals surface area contributed by atoms with Gasteiger partial charge in [0.2, 0.25) is 0 Å². The first-order valence-electron chi connectivity index (χ1n) is 4.21. The van der Waals surface area contributed by atoms with Crippen LogP contribution in [0.1, 0.15) is 19.3 Å². The molecule has 2 aliphatic rings. The Balaban J connectivity index is 0.000000720. The van der Waals surface area contributed by atoms with E-state index in [1.54, 1.807) is 0 Å². The highest BCUT2D eigenvalue weighted by atomic mass is 35.5. The van der Waals surface area contributed by atoms with Crippen LogP contribution in [0.5, 0.6) is 0 Å². The van der Waals surface area contributed by atoms with Gasteiger partial charge in [0.25, 0.3) is 0 Å². The topological polar surface area (TPSA) is 49.3 Å². The molecule has 1 aliphatic carbocycles. The second kappa shape index (κ2) is 3.62. The normalized spacial score (nSPS) is 37.8. The summed E-state index contributed by atoms with van der Waals surface area (Å²) in [5.41, 5.74) is 0. The van der Waals surface area contributed by atoms with E-state index in [0.717, 1.165) is 13.0 Å². The van der Waals surface area contributed by atoms with Crippen LogP contribution in [0, 0.1) is 11.8 Å². The molecule has 70 valence electrons. The molecule has 0 spiro atoms. The molecule has 12 heavy (non-hydrogen) atoms. The lowest BCUT2D eigenvalue weighted by atomic mass is 9.92. The first kappa shape index (κ1) is 9.81. The van der Waals surface area contributed by atoms with E-state index >= 15 is 0 Å². The Kier molecular flexibility index (Phi) is 2.96. The van der Waals surface area contributed by atoms with Crippen molar-refractivity contribution in [3.05, 3.63) is 0 Å². The molecule has 1 aliphatic heterocycles. The fourth-order valence-corrected chi connectivity index (χ4v) is 2.42. The molecule has 2 N–H and O–H groups in total. The Labute approximate surface area is 77.9 Å². The average Bonchev–Trinajstić information content (AvgIpc) is 2.45. The van der Waals surface area contributed by atoms with Crippen molar-refractivity contribution in [1.29, 1.82) is 0 Å². The first-order chi connectivity index (χ1) is 5.25. The number of carboxylic acids is 1. The van der Waals surface area contributed by atoms with Crippen LogP contribution < -0.4 is 5.32 Å². The maximum atomic E-state index is 10.4. The predicted octanol–water partition coefficient (Wildman–Crippen LogP) is 0.881. The van der Waals surface area contributed by atoms with Gasteiger partial charge in [-0.2, -0.15) is 0 Å². The third-order valence-corrected chi connectivity index (χ3v) is 2.95. The fraction of sp³-hybridized carbons (Fsp3) is 0.875. The molecule has 2 rings (SSSR count). The minimum Gasteiger partial charge on any atom is -0.481 e. The molecule has 1 heterocycles. The predicted molar refractivity (Wildman–Crippen MR) is 47.5 cm³/mol. The highest BCUT2D eigenvalue weighted by molar-refractivity contribution is 5.85. The van der Waals surface area contributed by atoms with Crippen molar-refractivity contribution in [2.24, 2.45) is 11.8 Å². The van der Waals surface area contributed by atoms with Gasteiger partial charge in [-0.25, -0.2) is 0 Å². The number of aliphatic carboxylic acids is 1. The molecule has 0 radical (unpaired) electrons. The molecular weight excluding hydrogens is 178 g/mol. The fourth-order valence-electron chi connectivity index (χ4n) is 2.42. The van der Waals surface area contributed by atoms with Crippen molar-refractivity contribution < 1.29 is 9.90 Å². The standard InChI is InChI=1S/C8H13NO2.ClH/c10-8(11)3-5-1-7-2-6(5)4-9-7;/h5-7,9H,1-4H2,(H,10,11);1H/t5-,6-,7+;/m0./s1. The molecule has 0 aromatic rings. The van der Waals surface area contributed by atoms with Crippen molar-refractivity contribution >= 4 is 18.4 Å². The van der Waals surface area contributed by atoms with Crippen molar-refractivity contribution in [2.75, 3.05) is 6.54 Å². The van der Waals surface area contributed by atoms with E-state index in [0.29, 0.717) is 24.3 Å². The van der Waals surface area contributed by atoms with Crippen molar-refractivity contribution in [3.63, 3.8) is 0 Å². The number of halogens is 1. The summed E-state index contributed by atoms with van der Waals surface area (Å²) in [6, 6.07) is 0.629. The SMILES string of the molecule is Cl.O=C(O)C[C@@H]1C[C@@H]2C[C@H]1CN2. The lowest BCUT2D eigenvalue weighted by molar-refractivity contribution is -0.138. The second-order valence-electron chi connectivity index (χ2n) is 3.69. The number of nitrogens with one attached hydrogen (secondary N) is 1. The van der Waals surface area contributed by atoms with Gasteiger partial charge < -0.3 is 10.4 Å². The largest absolute Gasteiger partial charge is 0.481 e. The summed E-state index contributed by atoms with van der Waals surface area (Å²) in [6.45, 7) is 1.04. The molecule has 3 atom stereocenters. The third-order valence-electron chi connectivity index (χ3n) is 2.95. The van der Waals surface area contributed by atoms with Gasteiger partial charge >= 0.3 is 5.97 Å². The Morgan fingerprint density at radius 3 is 2.67 bits per heavy atom. The van der Waals surface area contributed by atoms with Gasteiger partial charge in [0.1, 0.15) is 0 Å². The zero-order valence-corrected chi connectivity index (χ0v) is 7.64. The van der Waals surface area contributed by atoms with E-state index in [1.165, 1.54) is 6.42 Å². The Hall–Kier alpha value is -0.280. The molecule has 2 fully saturated rings. The van der Waals surface area contributed by atoms with E-state index < -0.39 is 5.97 Å². The van der Waals surface area contributed by atoms with Gasteiger partial charge in [0, 0.05) is 12.5 Å². The van der Waals surface area contributed by atoms with Crippen LogP contribution in [0.4, 0.5) is 0 Å². The number of carbonyl (C=O) groups is 1. The van der Waals surface area contributed by atoms with Crippen LogP contribution in [0.25, 0.3) is 0 Å². The first-order valence-corrected chi connectivity index (χ1v) is 4.21. The summed E-state index contributed by atoms with van der Waals surface area (Å²) in [4.78, 5) is 10.4. The molecular formula is C8H14ClNO2. The maximum Gasteiger partial charge on any atom is 0.303 e. The summed E-state index contributed by atoms with van der Waals surface area (Å²) in [6.07, 6.45) is 2.66. The number of piperidine rings is 1. The van der Waals surface area contributed by atoms with E-state index in [4.69, 9.17) is 5.11 Å². The highest BCUT2D eigenvalue weighted by Crippen LogP contribution is 2.38. The second-order valence-corrected chi connectivity index (χ2v) is 3.69. The van der Waals surface area contributed by atoms with Gasteiger partial charge in [0.05, 0.1) is 0 Å². The van der Waals surface area contributed by atoms with Gasteiger partial charge in [-0.1, -0.05) is 0 Å². The van der Waals surface area contributed by atoms with E-state index in [2.05, 4.69) is 5.32 Å². The molecule has 0 aromatic heterocycles.